The number of morpholine rings is 1. The Morgan fingerprint density at radius 3 is 2.58 bits per heavy atom. The summed E-state index contributed by atoms with van der Waals surface area (Å²) >= 11 is 0. The first-order chi connectivity index (χ1) is 11.7. The summed E-state index contributed by atoms with van der Waals surface area (Å²) < 4.78 is 5.36. The minimum Gasteiger partial charge on any atom is -0.379 e. The van der Waals surface area contributed by atoms with Crippen LogP contribution in [-0.4, -0.2) is 85.0 Å². The van der Waals surface area contributed by atoms with Gasteiger partial charge in [-0.1, -0.05) is 12.8 Å². The fourth-order valence-electron chi connectivity index (χ4n) is 4.29. The number of amides is 2. The highest BCUT2D eigenvalue weighted by Gasteiger charge is 2.38. The number of hydrogen-bond donors (Lipinski definition) is 0. The average molecular weight is 337 g/mol. The Morgan fingerprint density at radius 1 is 1.21 bits per heavy atom. The zero-order valence-corrected chi connectivity index (χ0v) is 14.9. The van der Waals surface area contributed by atoms with E-state index in [0.717, 1.165) is 58.8 Å². The maximum Gasteiger partial charge on any atom is 0.228 e. The lowest BCUT2D eigenvalue weighted by atomic mass is 10.1. The van der Waals surface area contributed by atoms with Crippen molar-refractivity contribution in [1.29, 1.82) is 0 Å². The highest BCUT2D eigenvalue weighted by molar-refractivity contribution is 5.89. The predicted molar refractivity (Wildman–Crippen MR) is 91.6 cm³/mol. The lowest BCUT2D eigenvalue weighted by Gasteiger charge is -2.30. The van der Waals surface area contributed by atoms with Gasteiger partial charge in [-0.15, -0.1) is 0 Å². The van der Waals surface area contributed by atoms with Crippen LogP contribution in [-0.2, 0) is 14.3 Å². The molecule has 3 aliphatic rings. The van der Waals surface area contributed by atoms with Crippen LogP contribution in [0.1, 0.15) is 39.0 Å². The molecule has 0 radical (unpaired) electrons. The summed E-state index contributed by atoms with van der Waals surface area (Å²) in [4.78, 5) is 31.5. The molecule has 24 heavy (non-hydrogen) atoms. The standard InChI is InChI=1S/C18H31N3O3/c1-2-21(16-5-3-4-6-16)18(23)15-13-17(22)20(14-15)8-7-19-9-11-24-12-10-19/h15-16H,2-14H2,1H3/t15-/m0/s1. The third-order valence-corrected chi connectivity index (χ3v) is 5.74. The second kappa shape index (κ2) is 8.30. The molecule has 0 spiro atoms. The molecule has 2 saturated heterocycles. The van der Waals surface area contributed by atoms with Crippen molar-refractivity contribution >= 4 is 11.8 Å². The molecule has 3 fully saturated rings. The van der Waals surface area contributed by atoms with E-state index in [9.17, 15) is 9.59 Å². The molecule has 6 heteroatoms. The highest BCUT2D eigenvalue weighted by atomic mass is 16.5. The minimum atomic E-state index is -0.136. The van der Waals surface area contributed by atoms with Crippen LogP contribution in [0.5, 0.6) is 0 Å². The van der Waals surface area contributed by atoms with Gasteiger partial charge in [0.05, 0.1) is 19.1 Å². The Morgan fingerprint density at radius 2 is 1.92 bits per heavy atom. The van der Waals surface area contributed by atoms with Crippen molar-refractivity contribution in [2.45, 2.75) is 45.1 Å². The Labute approximate surface area is 145 Å². The summed E-state index contributed by atoms with van der Waals surface area (Å²) in [6, 6.07) is 0.403. The lowest BCUT2D eigenvalue weighted by Crippen LogP contribution is -2.44. The number of nitrogens with zero attached hydrogens (tertiary/aromatic N) is 3. The molecule has 0 aromatic rings. The zero-order valence-electron chi connectivity index (χ0n) is 14.9. The van der Waals surface area contributed by atoms with Crippen molar-refractivity contribution in [1.82, 2.24) is 14.7 Å². The SMILES string of the molecule is CCN(C(=O)[C@H]1CC(=O)N(CCN2CCOCC2)C1)C1CCCC1. The molecule has 0 unspecified atom stereocenters. The molecule has 6 nitrogen and oxygen atoms in total. The number of rotatable bonds is 6. The molecule has 2 amide bonds. The van der Waals surface area contributed by atoms with Crippen LogP contribution in [0.25, 0.3) is 0 Å². The molecule has 1 atom stereocenters. The van der Waals surface area contributed by atoms with Gasteiger partial charge in [-0.25, -0.2) is 0 Å². The van der Waals surface area contributed by atoms with E-state index in [1.807, 2.05) is 9.80 Å². The lowest BCUT2D eigenvalue weighted by molar-refractivity contribution is -0.137. The molecule has 0 bridgehead atoms. The summed E-state index contributed by atoms with van der Waals surface area (Å²) in [6.45, 7) is 8.49. The Kier molecular flexibility index (Phi) is 6.11. The normalized spacial score (nSPS) is 26.3. The Balaban J connectivity index is 1.50. The first-order valence-corrected chi connectivity index (χ1v) is 9.57. The van der Waals surface area contributed by atoms with Gasteiger partial charge in [-0.2, -0.15) is 0 Å². The average Bonchev–Trinajstić information content (AvgIpc) is 3.25. The van der Waals surface area contributed by atoms with Crippen molar-refractivity contribution in [3.05, 3.63) is 0 Å². The van der Waals surface area contributed by atoms with E-state index in [2.05, 4.69) is 11.8 Å². The first kappa shape index (κ1) is 17.7. The van der Waals surface area contributed by atoms with Gasteiger partial charge < -0.3 is 14.5 Å². The van der Waals surface area contributed by atoms with Gasteiger partial charge in [0.1, 0.15) is 0 Å². The molecule has 136 valence electrons. The zero-order chi connectivity index (χ0) is 16.9. The molecular weight excluding hydrogens is 306 g/mol. The van der Waals surface area contributed by atoms with Crippen molar-refractivity contribution in [3.63, 3.8) is 0 Å². The van der Waals surface area contributed by atoms with Crippen LogP contribution in [0.3, 0.4) is 0 Å². The molecule has 0 N–H and O–H groups in total. The summed E-state index contributed by atoms with van der Waals surface area (Å²) in [6.07, 6.45) is 5.10. The largest absolute Gasteiger partial charge is 0.379 e. The summed E-state index contributed by atoms with van der Waals surface area (Å²) in [5.74, 6) is 0.207. The van der Waals surface area contributed by atoms with Crippen molar-refractivity contribution in [2.75, 3.05) is 52.5 Å². The van der Waals surface area contributed by atoms with Crippen LogP contribution in [0.4, 0.5) is 0 Å². The van der Waals surface area contributed by atoms with Crippen molar-refractivity contribution in [2.24, 2.45) is 5.92 Å². The molecule has 1 aliphatic carbocycles. The number of likely N-dealkylation sites (tertiary alicyclic amines) is 1. The van der Waals surface area contributed by atoms with Gasteiger partial charge in [0.2, 0.25) is 11.8 Å². The number of carbonyl (C=O) groups is 2. The molecule has 3 rings (SSSR count). The quantitative estimate of drug-likeness (QED) is 0.724. The van der Waals surface area contributed by atoms with Crippen LogP contribution in [0, 0.1) is 5.92 Å². The monoisotopic (exact) mass is 337 g/mol. The fourth-order valence-corrected chi connectivity index (χ4v) is 4.29. The number of ether oxygens (including phenoxy) is 1. The fraction of sp³-hybridized carbons (Fsp3) is 0.889. The summed E-state index contributed by atoms with van der Waals surface area (Å²) in [5, 5.41) is 0. The van der Waals surface area contributed by atoms with E-state index in [-0.39, 0.29) is 17.7 Å². The smallest absolute Gasteiger partial charge is 0.228 e. The predicted octanol–water partition coefficient (Wildman–Crippen LogP) is 0.958. The molecule has 2 heterocycles. The van der Waals surface area contributed by atoms with Crippen LogP contribution in [0.2, 0.25) is 0 Å². The second-order valence-electron chi connectivity index (χ2n) is 7.26. The summed E-state index contributed by atoms with van der Waals surface area (Å²) in [7, 11) is 0. The molecule has 2 aliphatic heterocycles. The maximum atomic E-state index is 12.9. The van der Waals surface area contributed by atoms with E-state index in [1.54, 1.807) is 0 Å². The van der Waals surface area contributed by atoms with E-state index < -0.39 is 0 Å². The minimum absolute atomic E-state index is 0.136. The van der Waals surface area contributed by atoms with Gasteiger partial charge in [0, 0.05) is 51.7 Å². The number of hydrogen-bond acceptors (Lipinski definition) is 4. The first-order valence-electron chi connectivity index (χ1n) is 9.57. The van der Waals surface area contributed by atoms with Crippen molar-refractivity contribution < 1.29 is 14.3 Å². The maximum absolute atomic E-state index is 12.9. The van der Waals surface area contributed by atoms with Gasteiger partial charge in [0.25, 0.3) is 0 Å². The van der Waals surface area contributed by atoms with Gasteiger partial charge in [-0.05, 0) is 19.8 Å². The third-order valence-electron chi connectivity index (χ3n) is 5.74. The molecule has 0 aromatic heterocycles. The van der Waals surface area contributed by atoms with Crippen molar-refractivity contribution in [3.8, 4) is 0 Å². The highest BCUT2D eigenvalue weighted by Crippen LogP contribution is 2.27. The Hall–Kier alpha value is -1.14. The number of carbonyl (C=O) groups excluding carboxylic acids is 2. The second-order valence-corrected chi connectivity index (χ2v) is 7.26. The van der Waals surface area contributed by atoms with Gasteiger partial charge in [-0.3, -0.25) is 14.5 Å². The van der Waals surface area contributed by atoms with Gasteiger partial charge >= 0.3 is 0 Å². The molecular formula is C18H31N3O3. The molecule has 1 saturated carbocycles. The topological polar surface area (TPSA) is 53.1 Å². The molecule has 0 aromatic carbocycles. The Bertz CT molecular complexity index is 445. The van der Waals surface area contributed by atoms with Crippen LogP contribution >= 0.6 is 0 Å². The van der Waals surface area contributed by atoms with Crippen LogP contribution < -0.4 is 0 Å². The van der Waals surface area contributed by atoms with E-state index in [4.69, 9.17) is 4.74 Å². The van der Waals surface area contributed by atoms with Crippen LogP contribution in [0.15, 0.2) is 0 Å². The van der Waals surface area contributed by atoms with E-state index in [0.29, 0.717) is 19.0 Å². The van der Waals surface area contributed by atoms with Gasteiger partial charge in [0.15, 0.2) is 0 Å². The van der Waals surface area contributed by atoms with E-state index >= 15 is 0 Å². The van der Waals surface area contributed by atoms with E-state index in [1.165, 1.54) is 12.8 Å². The third kappa shape index (κ3) is 4.09. The summed E-state index contributed by atoms with van der Waals surface area (Å²) in [5.41, 5.74) is 0.